The first-order valence-corrected chi connectivity index (χ1v) is 8.79. The largest absolute Gasteiger partial charge is 0.493 e. The Morgan fingerprint density at radius 2 is 1.78 bits per heavy atom. The van der Waals surface area contributed by atoms with Gasteiger partial charge in [-0.15, -0.1) is 0 Å². The van der Waals surface area contributed by atoms with Crippen LogP contribution >= 0.6 is 0 Å². The van der Waals surface area contributed by atoms with Gasteiger partial charge in [0.15, 0.2) is 23.0 Å². The number of rotatable bonds is 3. The zero-order valence-electron chi connectivity index (χ0n) is 15.1. The molecule has 0 unspecified atom stereocenters. The molecule has 0 N–H and O–H groups in total. The molecule has 1 saturated heterocycles. The predicted octanol–water partition coefficient (Wildman–Crippen LogP) is 2.90. The number of cyclic esters (lactones) is 1. The number of fused-ring (bicyclic) bond motifs is 3. The van der Waals surface area contributed by atoms with Gasteiger partial charge in [-0.05, 0) is 47.4 Å². The highest BCUT2D eigenvalue weighted by atomic mass is 16.7. The summed E-state index contributed by atoms with van der Waals surface area (Å²) >= 11 is 0. The number of methoxy groups -OCH3 is 2. The Bertz CT molecular complexity index is 927. The Balaban J connectivity index is 1.68. The van der Waals surface area contributed by atoms with Crippen LogP contribution in [-0.4, -0.2) is 44.7 Å². The summed E-state index contributed by atoms with van der Waals surface area (Å²) in [5.41, 5.74) is 3.08. The minimum absolute atomic E-state index is 0.0107. The van der Waals surface area contributed by atoms with E-state index in [9.17, 15) is 4.79 Å². The van der Waals surface area contributed by atoms with Crippen molar-refractivity contribution in [2.24, 2.45) is 0 Å². The van der Waals surface area contributed by atoms with E-state index in [-0.39, 0.29) is 25.0 Å². The highest BCUT2D eigenvalue weighted by Crippen LogP contribution is 2.46. The second kappa shape index (κ2) is 5.97. The van der Waals surface area contributed by atoms with Crippen molar-refractivity contribution in [3.8, 4) is 23.0 Å². The van der Waals surface area contributed by atoms with Gasteiger partial charge in [0.1, 0.15) is 6.61 Å². The number of hydrogen-bond donors (Lipinski definition) is 0. The Labute approximate surface area is 156 Å². The molecule has 2 aromatic rings. The third-order valence-electron chi connectivity index (χ3n) is 5.39. The summed E-state index contributed by atoms with van der Waals surface area (Å²) in [6, 6.07) is 9.41. The summed E-state index contributed by atoms with van der Waals surface area (Å²) in [4.78, 5) is 14.3. The molecular weight excluding hydrogens is 350 g/mol. The van der Waals surface area contributed by atoms with Crippen LogP contribution in [0.4, 0.5) is 4.79 Å². The zero-order chi connectivity index (χ0) is 18.5. The van der Waals surface area contributed by atoms with Crippen LogP contribution < -0.4 is 18.9 Å². The lowest BCUT2D eigenvalue weighted by atomic mass is 9.85. The molecule has 2 aromatic carbocycles. The minimum atomic E-state index is -0.303. The molecule has 7 nitrogen and oxygen atoms in total. The molecule has 7 heteroatoms. The summed E-state index contributed by atoms with van der Waals surface area (Å²) in [5, 5.41) is 0. The van der Waals surface area contributed by atoms with E-state index in [1.165, 1.54) is 0 Å². The van der Waals surface area contributed by atoms with Crippen LogP contribution in [0.3, 0.4) is 0 Å². The van der Waals surface area contributed by atoms with Crippen LogP contribution in [0.1, 0.15) is 22.7 Å². The van der Waals surface area contributed by atoms with Crippen molar-refractivity contribution in [3.05, 3.63) is 47.0 Å². The maximum Gasteiger partial charge on any atom is 0.411 e. The smallest absolute Gasteiger partial charge is 0.411 e. The van der Waals surface area contributed by atoms with Crippen LogP contribution in [0.5, 0.6) is 23.0 Å². The van der Waals surface area contributed by atoms with Crippen molar-refractivity contribution in [3.63, 3.8) is 0 Å². The number of nitrogens with zero attached hydrogens (tertiary/aromatic N) is 1. The van der Waals surface area contributed by atoms with E-state index in [2.05, 4.69) is 0 Å². The number of ether oxygens (including phenoxy) is 5. The first kappa shape index (κ1) is 16.1. The summed E-state index contributed by atoms with van der Waals surface area (Å²) in [7, 11) is 3.20. The van der Waals surface area contributed by atoms with Crippen LogP contribution in [0.15, 0.2) is 30.3 Å². The first-order valence-electron chi connectivity index (χ1n) is 8.79. The molecular formula is C20H19NO6. The highest BCUT2D eigenvalue weighted by molar-refractivity contribution is 5.73. The number of carbonyl (C=O) groups excluding carboxylic acids is 1. The molecule has 3 aliphatic rings. The predicted molar refractivity (Wildman–Crippen MR) is 94.6 cm³/mol. The van der Waals surface area contributed by atoms with E-state index < -0.39 is 0 Å². The zero-order valence-corrected chi connectivity index (χ0v) is 15.1. The van der Waals surface area contributed by atoms with Gasteiger partial charge < -0.3 is 23.7 Å². The van der Waals surface area contributed by atoms with Crippen molar-refractivity contribution >= 4 is 6.09 Å². The second-order valence-electron chi connectivity index (χ2n) is 6.76. The Kier molecular flexibility index (Phi) is 3.56. The standard InChI is InChI=1S/C20H19NO6/c1-23-15-4-3-11(6-16(15)24-2)19-14-8-18-17(26-10-27-18)7-12(14)5-13-9-25-20(22)21(13)19/h3-4,6-8,13,19H,5,9-10H2,1-2H3/t13-,19-/m1/s1. The third-order valence-corrected chi connectivity index (χ3v) is 5.39. The SMILES string of the molecule is COc1ccc([C@@H]2c3cc4c(cc3C[C@@H]3COC(=O)N32)OCO4)cc1OC. The molecule has 5 rings (SSSR count). The topological polar surface area (TPSA) is 66.5 Å². The molecule has 27 heavy (non-hydrogen) atoms. The van der Waals surface area contributed by atoms with Gasteiger partial charge in [0.25, 0.3) is 0 Å². The van der Waals surface area contributed by atoms with Gasteiger partial charge in [0.2, 0.25) is 6.79 Å². The molecule has 1 fully saturated rings. The highest BCUT2D eigenvalue weighted by Gasteiger charge is 2.44. The number of amides is 1. The van der Waals surface area contributed by atoms with E-state index in [1.807, 2.05) is 35.2 Å². The normalized spacial score (nSPS) is 22.1. The summed E-state index contributed by atoms with van der Waals surface area (Å²) in [6.45, 7) is 0.602. The molecule has 0 saturated carbocycles. The second-order valence-corrected chi connectivity index (χ2v) is 6.76. The number of carbonyl (C=O) groups is 1. The van der Waals surface area contributed by atoms with Crippen LogP contribution in [-0.2, 0) is 11.2 Å². The Morgan fingerprint density at radius 1 is 1.00 bits per heavy atom. The van der Waals surface area contributed by atoms with Gasteiger partial charge in [0.05, 0.1) is 26.3 Å². The molecule has 0 spiro atoms. The molecule has 0 aliphatic carbocycles. The van der Waals surface area contributed by atoms with Gasteiger partial charge in [-0.25, -0.2) is 4.79 Å². The fraction of sp³-hybridized carbons (Fsp3) is 0.350. The third kappa shape index (κ3) is 2.38. The van der Waals surface area contributed by atoms with Crippen molar-refractivity contribution in [2.75, 3.05) is 27.6 Å². The minimum Gasteiger partial charge on any atom is -0.493 e. The van der Waals surface area contributed by atoms with Gasteiger partial charge >= 0.3 is 6.09 Å². The summed E-state index contributed by atoms with van der Waals surface area (Å²) in [6.07, 6.45) is 0.421. The van der Waals surface area contributed by atoms with E-state index in [4.69, 9.17) is 23.7 Å². The molecule has 1 amide bonds. The monoisotopic (exact) mass is 369 g/mol. The average Bonchev–Trinajstić information content (AvgIpc) is 3.30. The van der Waals surface area contributed by atoms with E-state index in [0.717, 1.165) is 28.9 Å². The van der Waals surface area contributed by atoms with Crippen molar-refractivity contribution in [2.45, 2.75) is 18.5 Å². The lowest BCUT2D eigenvalue weighted by Gasteiger charge is -2.37. The number of hydrogen-bond acceptors (Lipinski definition) is 6. The molecule has 2 atom stereocenters. The fourth-order valence-electron chi connectivity index (χ4n) is 4.14. The molecule has 0 bridgehead atoms. The van der Waals surface area contributed by atoms with Crippen LogP contribution in [0.25, 0.3) is 0 Å². The summed E-state index contributed by atoms with van der Waals surface area (Å²) in [5.74, 6) is 2.71. The molecule has 0 aromatic heterocycles. The van der Waals surface area contributed by atoms with Crippen LogP contribution in [0.2, 0.25) is 0 Å². The summed E-state index contributed by atoms with van der Waals surface area (Å²) < 4.78 is 27.3. The lowest BCUT2D eigenvalue weighted by molar-refractivity contribution is 0.147. The van der Waals surface area contributed by atoms with Gasteiger partial charge in [-0.1, -0.05) is 6.07 Å². The quantitative estimate of drug-likeness (QED) is 0.829. The Morgan fingerprint density at radius 3 is 2.56 bits per heavy atom. The molecule has 3 aliphatic heterocycles. The first-order chi connectivity index (χ1) is 13.2. The Hall–Kier alpha value is -3.09. The van der Waals surface area contributed by atoms with E-state index in [1.54, 1.807) is 14.2 Å². The van der Waals surface area contributed by atoms with E-state index >= 15 is 0 Å². The maximum absolute atomic E-state index is 12.5. The maximum atomic E-state index is 12.5. The molecule has 140 valence electrons. The average molecular weight is 369 g/mol. The van der Waals surface area contributed by atoms with Gasteiger partial charge in [0, 0.05) is 0 Å². The van der Waals surface area contributed by atoms with Gasteiger partial charge in [-0.2, -0.15) is 0 Å². The fourth-order valence-corrected chi connectivity index (χ4v) is 4.14. The van der Waals surface area contributed by atoms with Crippen molar-refractivity contribution in [1.29, 1.82) is 0 Å². The molecule has 3 heterocycles. The van der Waals surface area contributed by atoms with Crippen molar-refractivity contribution in [1.82, 2.24) is 4.90 Å². The van der Waals surface area contributed by atoms with Crippen LogP contribution in [0, 0.1) is 0 Å². The number of benzene rings is 2. The lowest BCUT2D eigenvalue weighted by Crippen LogP contribution is -2.42. The van der Waals surface area contributed by atoms with E-state index in [0.29, 0.717) is 23.9 Å². The van der Waals surface area contributed by atoms with Crippen molar-refractivity contribution < 1.29 is 28.5 Å². The van der Waals surface area contributed by atoms with Gasteiger partial charge in [-0.3, -0.25) is 4.90 Å². The molecule has 0 radical (unpaired) electrons.